The molecule has 0 aliphatic carbocycles. The summed E-state index contributed by atoms with van der Waals surface area (Å²) < 4.78 is 0. The molecule has 1 fully saturated rings. The Labute approximate surface area is 407 Å². The Kier molecular flexibility index (Phi) is 26.5. The molecule has 1 aliphatic rings. The van der Waals surface area contributed by atoms with Crippen molar-refractivity contribution in [3.05, 3.63) is 0 Å². The summed E-state index contributed by atoms with van der Waals surface area (Å²) in [4.78, 5) is 143. The van der Waals surface area contributed by atoms with Gasteiger partial charge in [0.05, 0.1) is 24.9 Å². The van der Waals surface area contributed by atoms with Crippen molar-refractivity contribution in [1.29, 1.82) is 0 Å². The van der Waals surface area contributed by atoms with Gasteiger partial charge in [0.2, 0.25) is 59.1 Å². The standard InChI is InChI=1S/C44H77N11O15/c1-19(2)16-28(38(63)48-23(8)44(69)70)50-35(60)22(7)47-42(67)33(24(9)57)54-37(62)27(13-14-31(45)59)49-43(68)34(25(10)58)55-40(65)30(18-56)52-41(66)32(21(5)6)53-39(64)29(17-20(3)4)51-36(61)26-12-11-15-46-26/h19-30,32-34,46,56-58H,11-18H2,1-10H3,(H2,45,59)(H,47,67)(H,48,63)(H,49,68)(H,50,60)(H,51,61)(H,52,66)(H,53,64)(H,54,62)(H,55,65)(H,69,70)/t22-,23-,24+,25+,26-,27-,28-,29-,30-,32-,33-,34-/m0/s1. The van der Waals surface area contributed by atoms with Gasteiger partial charge in [-0.25, -0.2) is 0 Å². The van der Waals surface area contributed by atoms with Crippen LogP contribution in [0.15, 0.2) is 0 Å². The predicted octanol–water partition coefficient (Wildman–Crippen LogP) is -5.01. The summed E-state index contributed by atoms with van der Waals surface area (Å²) in [5.41, 5.74) is 5.30. The normalized spacial score (nSPS) is 18.2. The average molecular weight is 1000 g/mol. The van der Waals surface area contributed by atoms with E-state index in [2.05, 4.69) is 53.2 Å². The van der Waals surface area contributed by atoms with E-state index in [1.807, 2.05) is 13.8 Å². The van der Waals surface area contributed by atoms with Gasteiger partial charge in [-0.15, -0.1) is 0 Å². The Morgan fingerprint density at radius 3 is 1.39 bits per heavy atom. The Bertz CT molecular complexity index is 1840. The quantitative estimate of drug-likeness (QED) is 0.0320. The van der Waals surface area contributed by atoms with E-state index in [-0.39, 0.29) is 30.6 Å². The van der Waals surface area contributed by atoms with E-state index in [4.69, 9.17) is 5.73 Å². The number of aliphatic hydroxyl groups excluding tert-OH is 3. The third-order valence-electron chi connectivity index (χ3n) is 11.0. The van der Waals surface area contributed by atoms with Crippen molar-refractivity contribution in [2.24, 2.45) is 23.5 Å². The maximum Gasteiger partial charge on any atom is 0.325 e. The second kappa shape index (κ2) is 29.9. The zero-order valence-electron chi connectivity index (χ0n) is 41.7. The van der Waals surface area contributed by atoms with Gasteiger partial charge in [-0.05, 0) is 84.1 Å². The highest BCUT2D eigenvalue weighted by molar-refractivity contribution is 5.99. The second-order valence-corrected chi connectivity index (χ2v) is 18.8. The average Bonchev–Trinajstić information content (AvgIpc) is 3.81. The number of nitrogens with one attached hydrogen (secondary N) is 10. The number of hydrogen-bond donors (Lipinski definition) is 15. The molecular weight excluding hydrogens is 923 g/mol. The Balaban J connectivity index is 3.20. The molecule has 0 spiro atoms. The minimum absolute atomic E-state index is 0.0333. The molecule has 0 aromatic rings. The van der Waals surface area contributed by atoms with E-state index >= 15 is 0 Å². The highest BCUT2D eigenvalue weighted by atomic mass is 16.4. The molecule has 1 rings (SSSR count). The first-order valence-electron chi connectivity index (χ1n) is 23.5. The van der Waals surface area contributed by atoms with Gasteiger partial charge in [0.15, 0.2) is 0 Å². The van der Waals surface area contributed by atoms with Crippen LogP contribution in [0, 0.1) is 17.8 Å². The molecule has 0 aromatic carbocycles. The number of aliphatic carboxylic acids is 1. The van der Waals surface area contributed by atoms with Gasteiger partial charge in [0.25, 0.3) is 0 Å². The van der Waals surface area contributed by atoms with Gasteiger partial charge in [0.1, 0.15) is 54.4 Å². The molecular formula is C44H77N11O15. The molecule has 1 heterocycles. The number of carbonyl (C=O) groups is 11. The summed E-state index contributed by atoms with van der Waals surface area (Å²) in [6, 6.07) is -13.8. The lowest BCUT2D eigenvalue weighted by molar-refractivity contribution is -0.142. The summed E-state index contributed by atoms with van der Waals surface area (Å²) in [6.07, 6.45) is -2.66. The van der Waals surface area contributed by atoms with Gasteiger partial charge in [0, 0.05) is 6.42 Å². The van der Waals surface area contributed by atoms with Crippen LogP contribution in [-0.2, 0) is 52.7 Å². The Hall–Kier alpha value is -5.99. The molecule has 1 aliphatic heterocycles. The summed E-state index contributed by atoms with van der Waals surface area (Å²) >= 11 is 0. The maximum absolute atomic E-state index is 13.7. The molecule has 1 saturated heterocycles. The van der Waals surface area contributed by atoms with E-state index in [1.54, 1.807) is 27.7 Å². The number of aliphatic hydroxyl groups is 3. The van der Waals surface area contributed by atoms with E-state index < -0.39 is 157 Å². The lowest BCUT2D eigenvalue weighted by atomic mass is 9.99. The molecule has 0 bridgehead atoms. The van der Waals surface area contributed by atoms with Gasteiger partial charge < -0.3 is 79.3 Å². The van der Waals surface area contributed by atoms with Crippen molar-refractivity contribution in [2.75, 3.05) is 13.2 Å². The van der Waals surface area contributed by atoms with Crippen LogP contribution >= 0.6 is 0 Å². The van der Waals surface area contributed by atoms with Crippen LogP contribution in [0.4, 0.5) is 0 Å². The highest BCUT2D eigenvalue weighted by Crippen LogP contribution is 2.12. The first-order chi connectivity index (χ1) is 32.5. The minimum Gasteiger partial charge on any atom is -0.480 e. The molecule has 0 radical (unpaired) electrons. The monoisotopic (exact) mass is 1000 g/mol. The lowest BCUT2D eigenvalue weighted by Gasteiger charge is -2.29. The number of nitrogens with two attached hydrogens (primary N) is 1. The SMILES string of the molecule is CC(C)C[C@H](NC(=O)[C@H](C)NC(=O)[C@@H](NC(=O)[C@H](CCC(N)=O)NC(=O)[C@@H](NC(=O)[C@H](CO)NC(=O)[C@@H](NC(=O)[C@H](CC(C)C)NC(=O)[C@@H]1CCCN1)C(C)C)[C@@H](C)O)[C@@H](C)O)C(=O)N[C@@H](C)C(=O)O. The Morgan fingerprint density at radius 2 is 0.943 bits per heavy atom. The van der Waals surface area contributed by atoms with Crippen molar-refractivity contribution in [3.8, 4) is 0 Å². The molecule has 398 valence electrons. The summed E-state index contributed by atoms with van der Waals surface area (Å²) in [7, 11) is 0. The fourth-order valence-corrected chi connectivity index (χ4v) is 7.01. The van der Waals surface area contributed by atoms with E-state index in [0.29, 0.717) is 13.0 Å². The Morgan fingerprint density at radius 1 is 0.529 bits per heavy atom. The van der Waals surface area contributed by atoms with E-state index in [9.17, 15) is 73.2 Å². The van der Waals surface area contributed by atoms with Crippen molar-refractivity contribution >= 4 is 65.0 Å². The van der Waals surface area contributed by atoms with E-state index in [1.165, 1.54) is 13.8 Å². The van der Waals surface area contributed by atoms with Crippen LogP contribution in [0.2, 0.25) is 0 Å². The number of carboxylic acids is 1. The maximum atomic E-state index is 13.7. The second-order valence-electron chi connectivity index (χ2n) is 18.8. The number of carbonyl (C=O) groups excluding carboxylic acids is 10. The van der Waals surface area contributed by atoms with Gasteiger partial charge in [-0.1, -0.05) is 41.5 Å². The van der Waals surface area contributed by atoms with Gasteiger partial charge in [-0.2, -0.15) is 0 Å². The highest BCUT2D eigenvalue weighted by Gasteiger charge is 2.37. The third kappa shape index (κ3) is 21.3. The summed E-state index contributed by atoms with van der Waals surface area (Å²) in [5, 5.41) is 65.0. The first-order valence-corrected chi connectivity index (χ1v) is 23.5. The molecule has 26 heteroatoms. The molecule has 26 nitrogen and oxygen atoms in total. The zero-order valence-corrected chi connectivity index (χ0v) is 41.7. The minimum atomic E-state index is -1.89. The van der Waals surface area contributed by atoms with Crippen LogP contribution in [-0.4, -0.2) is 171 Å². The molecule has 0 unspecified atom stereocenters. The number of primary amides is 1. The van der Waals surface area contributed by atoms with Crippen LogP contribution in [0.1, 0.15) is 108 Å². The number of carboxylic acid groups (broad SMARTS) is 1. The van der Waals surface area contributed by atoms with Crippen LogP contribution in [0.3, 0.4) is 0 Å². The summed E-state index contributed by atoms with van der Waals surface area (Å²) in [6.45, 7) is 14.7. The largest absolute Gasteiger partial charge is 0.480 e. The van der Waals surface area contributed by atoms with E-state index in [0.717, 1.165) is 20.3 Å². The lowest BCUT2D eigenvalue weighted by Crippen LogP contribution is -2.63. The fourth-order valence-electron chi connectivity index (χ4n) is 7.01. The fraction of sp³-hybridized carbons (Fsp3) is 0.750. The van der Waals surface area contributed by atoms with Gasteiger partial charge >= 0.3 is 5.97 Å². The summed E-state index contributed by atoms with van der Waals surface area (Å²) in [5.74, 6) is -11.3. The van der Waals surface area contributed by atoms with Crippen molar-refractivity contribution in [1.82, 2.24) is 53.2 Å². The predicted molar refractivity (Wildman–Crippen MR) is 250 cm³/mol. The number of amides is 10. The van der Waals surface area contributed by atoms with Crippen molar-refractivity contribution in [3.63, 3.8) is 0 Å². The smallest absolute Gasteiger partial charge is 0.325 e. The molecule has 0 saturated carbocycles. The van der Waals surface area contributed by atoms with Crippen LogP contribution in [0.25, 0.3) is 0 Å². The molecule has 0 aromatic heterocycles. The molecule has 16 N–H and O–H groups in total. The van der Waals surface area contributed by atoms with Crippen LogP contribution < -0.4 is 58.9 Å². The number of hydrogen-bond acceptors (Lipinski definition) is 15. The van der Waals surface area contributed by atoms with Crippen molar-refractivity contribution < 1.29 is 73.2 Å². The molecule has 12 atom stereocenters. The topological polar surface area (TPSA) is 415 Å². The number of rotatable bonds is 30. The third-order valence-corrected chi connectivity index (χ3v) is 11.0. The molecule has 10 amide bonds. The first kappa shape index (κ1) is 62.0. The van der Waals surface area contributed by atoms with Crippen LogP contribution in [0.5, 0.6) is 0 Å². The molecule has 70 heavy (non-hydrogen) atoms. The zero-order chi connectivity index (χ0) is 53.7. The van der Waals surface area contributed by atoms with Gasteiger partial charge in [-0.3, -0.25) is 52.7 Å². The van der Waals surface area contributed by atoms with Crippen molar-refractivity contribution in [2.45, 2.75) is 180 Å².